The van der Waals surface area contributed by atoms with Crippen LogP contribution in [0.3, 0.4) is 0 Å². The van der Waals surface area contributed by atoms with Crippen LogP contribution in [0.2, 0.25) is 0 Å². The first-order chi connectivity index (χ1) is 28.7. The normalized spacial score (nSPS) is 11.4. The van der Waals surface area contributed by atoms with Gasteiger partial charge in [0, 0.05) is 43.9 Å². The highest BCUT2D eigenvalue weighted by atomic mass is 15.1. The Morgan fingerprint density at radius 2 is 0.879 bits per heavy atom. The first-order valence-electron chi connectivity index (χ1n) is 19.3. The third kappa shape index (κ3) is 5.45. The van der Waals surface area contributed by atoms with Crippen LogP contribution in [0.5, 0.6) is 0 Å². The number of para-hydroxylation sites is 3. The topological polar surface area (TPSA) is 72.3 Å². The van der Waals surface area contributed by atoms with E-state index >= 15 is 0 Å². The van der Waals surface area contributed by atoms with Crippen molar-refractivity contribution in [1.29, 1.82) is 5.26 Å². The molecule has 0 N–H and O–H groups in total. The average molecular weight is 741 g/mol. The van der Waals surface area contributed by atoms with Gasteiger partial charge in [-0.1, -0.05) is 140 Å². The lowest BCUT2D eigenvalue weighted by molar-refractivity contribution is 1.06. The number of aromatic nitrogens is 5. The van der Waals surface area contributed by atoms with E-state index in [1.54, 1.807) is 0 Å². The molecule has 11 aromatic rings. The summed E-state index contributed by atoms with van der Waals surface area (Å²) < 4.78 is 4.71. The smallest absolute Gasteiger partial charge is 0.166 e. The minimum Gasteiger partial charge on any atom is -0.309 e. The van der Waals surface area contributed by atoms with Gasteiger partial charge in [0.05, 0.1) is 39.4 Å². The third-order valence-electron chi connectivity index (χ3n) is 11.0. The van der Waals surface area contributed by atoms with Crippen molar-refractivity contribution < 1.29 is 0 Å². The van der Waals surface area contributed by atoms with E-state index in [0.717, 1.165) is 72.0 Å². The van der Waals surface area contributed by atoms with E-state index in [1.165, 1.54) is 10.8 Å². The Kier molecular flexibility index (Phi) is 7.76. The van der Waals surface area contributed by atoms with Crippen molar-refractivity contribution in [3.05, 3.63) is 200 Å². The summed E-state index contributed by atoms with van der Waals surface area (Å²) in [5.74, 6) is 1.84. The van der Waals surface area contributed by atoms with Crippen LogP contribution in [0.1, 0.15) is 5.56 Å². The van der Waals surface area contributed by atoms with Gasteiger partial charge in [-0.3, -0.25) is 0 Å². The molecule has 58 heavy (non-hydrogen) atoms. The Labute approximate surface area is 334 Å². The molecular weight excluding hydrogens is 709 g/mol. The second-order valence-corrected chi connectivity index (χ2v) is 14.4. The summed E-state index contributed by atoms with van der Waals surface area (Å²) in [7, 11) is 0. The van der Waals surface area contributed by atoms with Gasteiger partial charge in [0.1, 0.15) is 0 Å². The molecular formula is C52H32N6. The van der Waals surface area contributed by atoms with Gasteiger partial charge in [-0.25, -0.2) is 15.0 Å². The zero-order valence-electron chi connectivity index (χ0n) is 31.2. The maximum absolute atomic E-state index is 9.65. The summed E-state index contributed by atoms with van der Waals surface area (Å²) in [5.41, 5.74) is 11.8. The van der Waals surface area contributed by atoms with E-state index in [-0.39, 0.29) is 0 Å². The molecule has 3 aromatic heterocycles. The zero-order chi connectivity index (χ0) is 38.6. The number of fused-ring (bicyclic) bond motifs is 6. The lowest BCUT2D eigenvalue weighted by Crippen LogP contribution is -2.03. The van der Waals surface area contributed by atoms with Gasteiger partial charge in [0.25, 0.3) is 0 Å². The Morgan fingerprint density at radius 1 is 0.362 bits per heavy atom. The molecule has 0 aliphatic rings. The number of nitriles is 1. The van der Waals surface area contributed by atoms with Crippen molar-refractivity contribution in [3.8, 4) is 62.7 Å². The predicted octanol–water partition coefficient (Wildman–Crippen LogP) is 12.6. The Bertz CT molecular complexity index is 3350. The quantitative estimate of drug-likeness (QED) is 0.170. The molecule has 6 heteroatoms. The van der Waals surface area contributed by atoms with Gasteiger partial charge in [0.2, 0.25) is 0 Å². The van der Waals surface area contributed by atoms with Crippen molar-refractivity contribution in [2.75, 3.05) is 0 Å². The minimum atomic E-state index is 0.598. The van der Waals surface area contributed by atoms with Crippen molar-refractivity contribution in [2.24, 2.45) is 0 Å². The molecule has 0 saturated carbocycles. The average Bonchev–Trinajstić information content (AvgIpc) is 3.81. The standard InChI is InChI=1S/C52H32N6/c53-33-34-14-13-19-37(30-34)38-26-28-42-40-20-7-10-23-45(40)57(48(42)31-38)39-27-29-43-41-21-8-11-24-46(41)58(49(43)32-39)47-25-12-9-22-44(47)52-55-50(35-15-3-1-4-16-35)54-51(56-52)36-17-5-2-6-18-36/h1-32H. The molecule has 270 valence electrons. The predicted molar refractivity (Wildman–Crippen MR) is 235 cm³/mol. The number of hydrogen-bond acceptors (Lipinski definition) is 4. The Morgan fingerprint density at radius 3 is 1.57 bits per heavy atom. The summed E-state index contributed by atoms with van der Waals surface area (Å²) in [5, 5.41) is 14.3. The van der Waals surface area contributed by atoms with Crippen LogP contribution in [0, 0.1) is 11.3 Å². The van der Waals surface area contributed by atoms with Crippen molar-refractivity contribution in [3.63, 3.8) is 0 Å². The highest BCUT2D eigenvalue weighted by Gasteiger charge is 2.21. The largest absolute Gasteiger partial charge is 0.309 e. The Balaban J connectivity index is 1.16. The molecule has 3 heterocycles. The molecule has 0 aliphatic heterocycles. The number of rotatable bonds is 6. The molecule has 11 rings (SSSR count). The van der Waals surface area contributed by atoms with Gasteiger partial charge in [-0.15, -0.1) is 0 Å². The molecule has 0 atom stereocenters. The molecule has 0 bridgehead atoms. The monoisotopic (exact) mass is 740 g/mol. The van der Waals surface area contributed by atoms with Gasteiger partial charge >= 0.3 is 0 Å². The Hall–Kier alpha value is -8.14. The molecule has 0 fully saturated rings. The van der Waals surface area contributed by atoms with Gasteiger partial charge in [-0.05, 0) is 65.7 Å². The SMILES string of the molecule is N#Cc1cccc(-c2ccc3c4ccccc4n(-c4ccc5c6ccccc6n(-c6ccccc6-c6nc(-c7ccccc7)nc(-c7ccccc7)n6)c5c4)c3c2)c1. The molecule has 8 aromatic carbocycles. The molecule has 0 radical (unpaired) electrons. The summed E-state index contributed by atoms with van der Waals surface area (Å²) in [4.78, 5) is 15.3. The summed E-state index contributed by atoms with van der Waals surface area (Å²) in [6.07, 6.45) is 0. The van der Waals surface area contributed by atoms with Crippen molar-refractivity contribution in [1.82, 2.24) is 24.1 Å². The van der Waals surface area contributed by atoms with Crippen LogP contribution in [0.4, 0.5) is 0 Å². The van der Waals surface area contributed by atoms with Crippen LogP contribution in [-0.2, 0) is 0 Å². The minimum absolute atomic E-state index is 0.598. The second kappa shape index (κ2) is 13.6. The lowest BCUT2D eigenvalue weighted by atomic mass is 10.0. The van der Waals surface area contributed by atoms with Crippen LogP contribution in [0.25, 0.3) is 100 Å². The van der Waals surface area contributed by atoms with E-state index in [1.807, 2.05) is 84.9 Å². The fourth-order valence-corrected chi connectivity index (χ4v) is 8.34. The number of hydrogen-bond donors (Lipinski definition) is 0. The van der Waals surface area contributed by atoms with Crippen LogP contribution < -0.4 is 0 Å². The van der Waals surface area contributed by atoms with Crippen LogP contribution in [0.15, 0.2) is 194 Å². The number of nitrogens with zero attached hydrogens (tertiary/aromatic N) is 6. The molecule has 6 nitrogen and oxygen atoms in total. The van der Waals surface area contributed by atoms with E-state index < -0.39 is 0 Å². The van der Waals surface area contributed by atoms with Crippen LogP contribution in [-0.4, -0.2) is 24.1 Å². The molecule has 0 amide bonds. The fourth-order valence-electron chi connectivity index (χ4n) is 8.34. The van der Waals surface area contributed by atoms with Gasteiger partial charge in [-0.2, -0.15) is 5.26 Å². The van der Waals surface area contributed by atoms with E-state index in [4.69, 9.17) is 15.0 Å². The molecule has 0 aliphatic carbocycles. The summed E-state index contributed by atoms with van der Waals surface area (Å²) in [6, 6.07) is 69.2. The lowest BCUT2D eigenvalue weighted by Gasteiger charge is -2.15. The molecule has 0 saturated heterocycles. The first-order valence-corrected chi connectivity index (χ1v) is 19.3. The maximum atomic E-state index is 9.65. The van der Waals surface area contributed by atoms with Gasteiger partial charge in [0.15, 0.2) is 17.5 Å². The van der Waals surface area contributed by atoms with Crippen LogP contribution >= 0.6 is 0 Å². The van der Waals surface area contributed by atoms with E-state index in [2.05, 4.69) is 124 Å². The zero-order valence-corrected chi connectivity index (χ0v) is 31.2. The van der Waals surface area contributed by atoms with Crippen molar-refractivity contribution >= 4 is 43.6 Å². The fraction of sp³-hybridized carbons (Fsp3) is 0. The summed E-state index contributed by atoms with van der Waals surface area (Å²) >= 11 is 0. The molecule has 0 spiro atoms. The highest BCUT2D eigenvalue weighted by Crippen LogP contribution is 2.40. The summed E-state index contributed by atoms with van der Waals surface area (Å²) in [6.45, 7) is 0. The van der Waals surface area contributed by atoms with Crippen molar-refractivity contribution in [2.45, 2.75) is 0 Å². The molecule has 0 unspecified atom stereocenters. The third-order valence-corrected chi connectivity index (χ3v) is 11.0. The highest BCUT2D eigenvalue weighted by molar-refractivity contribution is 6.12. The van der Waals surface area contributed by atoms with Gasteiger partial charge < -0.3 is 9.13 Å². The first kappa shape index (κ1) is 33.2. The van der Waals surface area contributed by atoms with E-state index in [0.29, 0.717) is 23.0 Å². The second-order valence-electron chi connectivity index (χ2n) is 14.4. The maximum Gasteiger partial charge on any atom is 0.166 e. The number of benzene rings is 8. The van der Waals surface area contributed by atoms with E-state index in [9.17, 15) is 5.26 Å².